The highest BCUT2D eigenvalue weighted by molar-refractivity contribution is 5.88. The third-order valence-electron chi connectivity index (χ3n) is 2.71. The van der Waals surface area contributed by atoms with E-state index >= 15 is 0 Å². The number of hydrogen-bond donors (Lipinski definition) is 3. The summed E-state index contributed by atoms with van der Waals surface area (Å²) in [5, 5.41) is 12.7. The molecule has 0 fully saturated rings. The van der Waals surface area contributed by atoms with Crippen molar-refractivity contribution in [1.82, 2.24) is 10.3 Å². The third-order valence-corrected chi connectivity index (χ3v) is 2.71. The molecule has 1 aromatic carbocycles. The van der Waals surface area contributed by atoms with Gasteiger partial charge in [-0.25, -0.2) is 0 Å². The average Bonchev–Trinajstić information content (AvgIpc) is 2.72. The zero-order valence-corrected chi connectivity index (χ0v) is 9.73. The molecule has 0 saturated carbocycles. The lowest BCUT2D eigenvalue weighted by Crippen LogP contribution is -2.35. The Balaban J connectivity index is 2.11. The number of para-hydroxylation sites is 1. The van der Waals surface area contributed by atoms with Crippen molar-refractivity contribution in [3.05, 3.63) is 36.0 Å². The van der Waals surface area contributed by atoms with Gasteiger partial charge < -0.3 is 15.4 Å². The van der Waals surface area contributed by atoms with Crippen molar-refractivity contribution in [3.8, 4) is 0 Å². The molecule has 1 aromatic heterocycles. The Hall–Kier alpha value is -1.81. The lowest BCUT2D eigenvalue weighted by molar-refractivity contribution is -0.121. The first kappa shape index (κ1) is 11.7. The van der Waals surface area contributed by atoms with E-state index in [2.05, 4.69) is 10.3 Å². The van der Waals surface area contributed by atoms with Crippen molar-refractivity contribution in [1.29, 1.82) is 0 Å². The van der Waals surface area contributed by atoms with Gasteiger partial charge in [0.05, 0.1) is 13.0 Å². The van der Waals surface area contributed by atoms with Gasteiger partial charge >= 0.3 is 0 Å². The van der Waals surface area contributed by atoms with Crippen LogP contribution in [0.15, 0.2) is 30.5 Å². The number of benzene rings is 1. The van der Waals surface area contributed by atoms with E-state index in [1.165, 1.54) is 0 Å². The van der Waals surface area contributed by atoms with Gasteiger partial charge in [-0.15, -0.1) is 0 Å². The predicted molar refractivity (Wildman–Crippen MR) is 66.7 cm³/mol. The Morgan fingerprint density at radius 2 is 2.24 bits per heavy atom. The first-order chi connectivity index (χ1) is 8.20. The van der Waals surface area contributed by atoms with Gasteiger partial charge in [0.1, 0.15) is 0 Å². The van der Waals surface area contributed by atoms with Crippen LogP contribution in [0.25, 0.3) is 10.9 Å². The SMILES string of the molecule is C[C@@H](CO)NC(=O)Cc1c[nH]c2ccccc12. The number of fused-ring (bicyclic) bond motifs is 1. The number of aromatic nitrogens is 1. The number of H-pyrrole nitrogens is 1. The molecule has 1 atom stereocenters. The minimum Gasteiger partial charge on any atom is -0.394 e. The van der Waals surface area contributed by atoms with Gasteiger partial charge in [0.25, 0.3) is 0 Å². The van der Waals surface area contributed by atoms with Gasteiger partial charge in [-0.1, -0.05) is 18.2 Å². The van der Waals surface area contributed by atoms with Crippen molar-refractivity contribution < 1.29 is 9.90 Å². The highest BCUT2D eigenvalue weighted by Crippen LogP contribution is 2.17. The highest BCUT2D eigenvalue weighted by Gasteiger charge is 2.10. The summed E-state index contributed by atoms with van der Waals surface area (Å²) < 4.78 is 0. The predicted octanol–water partition coefficient (Wildman–Crippen LogP) is 1.21. The van der Waals surface area contributed by atoms with Crippen molar-refractivity contribution in [3.63, 3.8) is 0 Å². The van der Waals surface area contributed by atoms with Crippen LogP contribution in [-0.2, 0) is 11.2 Å². The van der Waals surface area contributed by atoms with Crippen LogP contribution in [-0.4, -0.2) is 28.6 Å². The van der Waals surface area contributed by atoms with E-state index < -0.39 is 0 Å². The van der Waals surface area contributed by atoms with Crippen LogP contribution in [0.4, 0.5) is 0 Å². The molecule has 2 aromatic rings. The fourth-order valence-corrected chi connectivity index (χ4v) is 1.82. The zero-order chi connectivity index (χ0) is 12.3. The van der Waals surface area contributed by atoms with Crippen LogP contribution in [0.1, 0.15) is 12.5 Å². The summed E-state index contributed by atoms with van der Waals surface area (Å²) in [7, 11) is 0. The van der Waals surface area contributed by atoms with Crippen molar-refractivity contribution in [2.45, 2.75) is 19.4 Å². The summed E-state index contributed by atoms with van der Waals surface area (Å²) in [6.45, 7) is 1.73. The standard InChI is InChI=1S/C13H16N2O2/c1-9(8-16)15-13(17)6-10-7-14-12-5-3-2-4-11(10)12/h2-5,7,9,14,16H,6,8H2,1H3,(H,15,17)/t9-/m0/s1. The molecule has 0 aliphatic heterocycles. The lowest BCUT2D eigenvalue weighted by atomic mass is 10.1. The van der Waals surface area contributed by atoms with E-state index in [4.69, 9.17) is 5.11 Å². The molecule has 0 aliphatic rings. The van der Waals surface area contributed by atoms with Crippen molar-refractivity contribution in [2.75, 3.05) is 6.61 Å². The molecule has 0 saturated heterocycles. The van der Waals surface area contributed by atoms with Gasteiger partial charge in [0.15, 0.2) is 0 Å². The van der Waals surface area contributed by atoms with Crippen LogP contribution in [0, 0.1) is 0 Å². The van der Waals surface area contributed by atoms with E-state index in [-0.39, 0.29) is 18.6 Å². The first-order valence-electron chi connectivity index (χ1n) is 5.66. The molecule has 0 bridgehead atoms. The number of aliphatic hydroxyl groups is 1. The molecule has 1 amide bonds. The number of amides is 1. The van der Waals surface area contributed by atoms with Crippen LogP contribution < -0.4 is 5.32 Å². The molecule has 0 unspecified atom stereocenters. The minimum atomic E-state index is -0.201. The first-order valence-corrected chi connectivity index (χ1v) is 5.66. The summed E-state index contributed by atoms with van der Waals surface area (Å²) in [5.74, 6) is -0.0729. The summed E-state index contributed by atoms with van der Waals surface area (Å²) in [4.78, 5) is 14.8. The number of hydrogen-bond acceptors (Lipinski definition) is 2. The highest BCUT2D eigenvalue weighted by atomic mass is 16.3. The number of rotatable bonds is 4. The van der Waals surface area contributed by atoms with Gasteiger partial charge in [-0.2, -0.15) is 0 Å². The number of carbonyl (C=O) groups excluding carboxylic acids is 1. The molecule has 4 nitrogen and oxygen atoms in total. The molecule has 17 heavy (non-hydrogen) atoms. The Morgan fingerprint density at radius 1 is 1.47 bits per heavy atom. The summed E-state index contributed by atoms with van der Waals surface area (Å²) in [6.07, 6.45) is 2.18. The molecule has 2 rings (SSSR count). The van der Waals surface area contributed by atoms with Gasteiger partial charge in [-0.3, -0.25) is 4.79 Å². The average molecular weight is 232 g/mol. The van der Waals surface area contributed by atoms with E-state index in [1.807, 2.05) is 30.5 Å². The van der Waals surface area contributed by atoms with Crippen molar-refractivity contribution in [2.24, 2.45) is 0 Å². The number of carbonyl (C=O) groups is 1. The second kappa shape index (κ2) is 5.01. The smallest absolute Gasteiger partial charge is 0.224 e. The Bertz CT molecular complexity index is 519. The molecule has 1 heterocycles. The second-order valence-electron chi connectivity index (χ2n) is 4.19. The summed E-state index contributed by atoms with van der Waals surface area (Å²) in [5.41, 5.74) is 2.01. The Kier molecular flexibility index (Phi) is 3.44. The molecule has 4 heteroatoms. The van der Waals surface area contributed by atoms with Crippen LogP contribution in [0.3, 0.4) is 0 Å². The van der Waals surface area contributed by atoms with Crippen molar-refractivity contribution >= 4 is 16.8 Å². The molecule has 3 N–H and O–H groups in total. The summed E-state index contributed by atoms with van der Waals surface area (Å²) in [6, 6.07) is 7.68. The van der Waals surface area contributed by atoms with Crippen LogP contribution in [0.5, 0.6) is 0 Å². The largest absolute Gasteiger partial charge is 0.394 e. The molecule has 0 spiro atoms. The maximum absolute atomic E-state index is 11.7. The monoisotopic (exact) mass is 232 g/mol. The quantitative estimate of drug-likeness (QED) is 0.741. The molecular formula is C13H16N2O2. The molecular weight excluding hydrogens is 216 g/mol. The molecule has 0 radical (unpaired) electrons. The van der Waals surface area contributed by atoms with Gasteiger partial charge in [0, 0.05) is 23.1 Å². The fourth-order valence-electron chi connectivity index (χ4n) is 1.82. The lowest BCUT2D eigenvalue weighted by Gasteiger charge is -2.10. The molecule has 90 valence electrons. The number of nitrogens with one attached hydrogen (secondary N) is 2. The molecule has 0 aliphatic carbocycles. The Labute approximate surface area is 99.7 Å². The van der Waals surface area contributed by atoms with E-state index in [0.29, 0.717) is 6.42 Å². The Morgan fingerprint density at radius 3 is 3.00 bits per heavy atom. The maximum Gasteiger partial charge on any atom is 0.224 e. The van der Waals surface area contributed by atoms with Gasteiger partial charge in [-0.05, 0) is 18.6 Å². The normalized spacial score (nSPS) is 12.6. The fraction of sp³-hybridized carbons (Fsp3) is 0.308. The topological polar surface area (TPSA) is 65.1 Å². The van der Waals surface area contributed by atoms with E-state index in [9.17, 15) is 4.79 Å². The van der Waals surface area contributed by atoms with E-state index in [1.54, 1.807) is 6.92 Å². The number of aromatic amines is 1. The van der Waals surface area contributed by atoms with Crippen LogP contribution >= 0.6 is 0 Å². The summed E-state index contributed by atoms with van der Waals surface area (Å²) >= 11 is 0. The van der Waals surface area contributed by atoms with Gasteiger partial charge in [0.2, 0.25) is 5.91 Å². The maximum atomic E-state index is 11.7. The number of aliphatic hydroxyl groups excluding tert-OH is 1. The zero-order valence-electron chi connectivity index (χ0n) is 9.73. The van der Waals surface area contributed by atoms with E-state index in [0.717, 1.165) is 16.5 Å². The minimum absolute atomic E-state index is 0.0420. The van der Waals surface area contributed by atoms with Crippen LogP contribution in [0.2, 0.25) is 0 Å². The third kappa shape index (κ3) is 2.65. The second-order valence-corrected chi connectivity index (χ2v) is 4.19.